The number of hydrogen-bond donors (Lipinski definition) is 2. The number of amides is 4. The summed E-state index contributed by atoms with van der Waals surface area (Å²) < 4.78 is 21.3. The number of methoxy groups -OCH3 is 4. The van der Waals surface area contributed by atoms with Crippen LogP contribution in [0.1, 0.15) is 43.0 Å². The minimum Gasteiger partial charge on any atom is -0.493 e. The van der Waals surface area contributed by atoms with Crippen LogP contribution in [0.5, 0.6) is 23.0 Å². The summed E-state index contributed by atoms with van der Waals surface area (Å²) >= 11 is 0. The summed E-state index contributed by atoms with van der Waals surface area (Å²) in [6, 6.07) is 24.8. The van der Waals surface area contributed by atoms with Gasteiger partial charge in [-0.1, -0.05) is 60.7 Å². The lowest BCUT2D eigenvalue weighted by molar-refractivity contribution is -0.115. The minimum atomic E-state index is -0.432. The number of para-hydroxylation sites is 2. The van der Waals surface area contributed by atoms with Crippen LogP contribution in [-0.4, -0.2) is 52.1 Å². The summed E-state index contributed by atoms with van der Waals surface area (Å²) in [5.41, 5.74) is 4.36. The van der Waals surface area contributed by atoms with E-state index in [0.29, 0.717) is 67.5 Å². The Morgan fingerprint density at radius 3 is 1.15 bits per heavy atom. The third-order valence-electron chi connectivity index (χ3n) is 7.33. The van der Waals surface area contributed by atoms with Gasteiger partial charge < -0.3 is 18.9 Å². The highest BCUT2D eigenvalue weighted by Crippen LogP contribution is 2.36. The maximum absolute atomic E-state index is 12.3. The van der Waals surface area contributed by atoms with Gasteiger partial charge in [-0.05, 0) is 47.5 Å². The number of nitrogens with one attached hydrogen (secondary N) is 2. The monoisotopic (exact) mass is 618 g/mol. The van der Waals surface area contributed by atoms with Crippen LogP contribution in [0.2, 0.25) is 0 Å². The molecule has 4 amide bonds. The van der Waals surface area contributed by atoms with E-state index in [1.54, 1.807) is 87.0 Å². The van der Waals surface area contributed by atoms with Crippen LogP contribution < -0.4 is 29.6 Å². The van der Waals surface area contributed by atoms with Gasteiger partial charge in [0.2, 0.25) is 0 Å². The second-order valence-electron chi connectivity index (χ2n) is 9.94. The summed E-state index contributed by atoms with van der Waals surface area (Å²) in [5.74, 6) is 0.567. The molecular weight excluding hydrogens is 588 g/mol. The molecule has 0 bridgehead atoms. The molecule has 232 valence electrons. The van der Waals surface area contributed by atoms with Crippen molar-refractivity contribution >= 4 is 46.9 Å². The Hall–Kier alpha value is -6.16. The molecule has 0 unspecified atom stereocenters. The summed E-state index contributed by atoms with van der Waals surface area (Å²) in [4.78, 5) is 48.3. The Morgan fingerprint density at radius 2 is 0.804 bits per heavy atom. The first-order valence-corrected chi connectivity index (χ1v) is 14.1. The smallest absolute Gasteiger partial charge is 0.258 e. The molecule has 46 heavy (non-hydrogen) atoms. The first-order chi connectivity index (χ1) is 22.3. The molecule has 0 atom stereocenters. The first-order valence-electron chi connectivity index (χ1n) is 14.1. The molecule has 0 saturated heterocycles. The molecule has 2 aliphatic rings. The highest BCUT2D eigenvalue weighted by molar-refractivity contribution is 6.34. The molecule has 6 rings (SSSR count). The van der Waals surface area contributed by atoms with Crippen LogP contribution in [0.3, 0.4) is 0 Å². The molecule has 0 spiro atoms. The van der Waals surface area contributed by atoms with Crippen molar-refractivity contribution in [3.63, 3.8) is 0 Å². The highest BCUT2D eigenvalue weighted by atomic mass is 16.5. The maximum Gasteiger partial charge on any atom is 0.258 e. The summed E-state index contributed by atoms with van der Waals surface area (Å²) in [6.07, 6.45) is 3.39. The van der Waals surface area contributed by atoms with Crippen LogP contribution >= 0.6 is 0 Å². The largest absolute Gasteiger partial charge is 0.493 e. The molecule has 0 aliphatic carbocycles. The molecule has 0 saturated carbocycles. The molecule has 0 fully saturated rings. The third kappa shape index (κ3) is 6.09. The van der Waals surface area contributed by atoms with Crippen molar-refractivity contribution in [1.82, 2.24) is 10.6 Å². The molecule has 10 heteroatoms. The van der Waals surface area contributed by atoms with Crippen molar-refractivity contribution in [2.75, 3.05) is 28.4 Å². The van der Waals surface area contributed by atoms with Crippen molar-refractivity contribution < 1.29 is 38.1 Å². The normalized spacial score (nSPS) is 15.1. The molecule has 4 aromatic carbocycles. The molecule has 2 aliphatic heterocycles. The Morgan fingerprint density at radius 1 is 0.435 bits per heavy atom. The van der Waals surface area contributed by atoms with E-state index < -0.39 is 11.8 Å². The molecule has 10 nitrogen and oxygen atoms in total. The third-order valence-corrected chi connectivity index (χ3v) is 7.33. The first kappa shape index (κ1) is 31.3. The van der Waals surface area contributed by atoms with Crippen LogP contribution in [0.15, 0.2) is 84.9 Å². The SMILES string of the molecule is COc1cccc(C=C2C(=O)NC(=O)c3ccccc32)c1OC.COc1cccc(C=C2C(=O)NC(=O)c3ccccc32)c1OC. The van der Waals surface area contributed by atoms with E-state index in [4.69, 9.17) is 18.9 Å². The number of benzene rings is 4. The fraction of sp³-hybridized carbons (Fsp3) is 0.111. The zero-order chi connectivity index (χ0) is 32.8. The summed E-state index contributed by atoms with van der Waals surface area (Å²) in [7, 11) is 6.18. The van der Waals surface area contributed by atoms with Gasteiger partial charge in [0, 0.05) is 33.4 Å². The molecule has 0 aromatic heterocycles. The number of rotatable bonds is 6. The average molecular weight is 619 g/mol. The lowest BCUT2D eigenvalue weighted by Crippen LogP contribution is -2.36. The van der Waals surface area contributed by atoms with Crippen LogP contribution in [-0.2, 0) is 9.59 Å². The van der Waals surface area contributed by atoms with Gasteiger partial charge >= 0.3 is 0 Å². The standard InChI is InChI=1S/2C18H15NO4/c2*1-22-15-9-5-6-11(16(15)23-2)10-14-12-7-3-4-8-13(12)17(20)19-18(14)21/h2*3-10H,1-2H3,(H,19,20,21). The van der Waals surface area contributed by atoms with Gasteiger partial charge in [-0.25, -0.2) is 0 Å². The Labute approximate surface area is 265 Å². The predicted octanol–water partition coefficient (Wildman–Crippen LogP) is 5.03. The van der Waals surface area contributed by atoms with E-state index in [1.807, 2.05) is 24.3 Å². The van der Waals surface area contributed by atoms with Crippen molar-refractivity contribution in [3.05, 3.63) is 118 Å². The summed E-state index contributed by atoms with van der Waals surface area (Å²) in [5, 5.41) is 4.71. The van der Waals surface area contributed by atoms with Gasteiger partial charge in [-0.2, -0.15) is 0 Å². The van der Waals surface area contributed by atoms with E-state index in [1.165, 1.54) is 14.2 Å². The van der Waals surface area contributed by atoms with E-state index >= 15 is 0 Å². The molecular formula is C36H30N2O8. The summed E-state index contributed by atoms with van der Waals surface area (Å²) in [6.45, 7) is 0. The number of imide groups is 2. The zero-order valence-electron chi connectivity index (χ0n) is 25.5. The van der Waals surface area contributed by atoms with Gasteiger partial charge in [0.1, 0.15) is 0 Å². The number of hydrogen-bond acceptors (Lipinski definition) is 8. The maximum atomic E-state index is 12.3. The Kier molecular flexibility index (Phi) is 9.28. The predicted molar refractivity (Wildman–Crippen MR) is 173 cm³/mol. The van der Waals surface area contributed by atoms with Gasteiger partial charge in [0.25, 0.3) is 23.6 Å². The second-order valence-corrected chi connectivity index (χ2v) is 9.94. The minimum absolute atomic E-state index is 0.389. The molecule has 0 radical (unpaired) electrons. The Balaban J connectivity index is 0.000000181. The number of carbonyl (C=O) groups excluding carboxylic acids is 4. The van der Waals surface area contributed by atoms with E-state index in [-0.39, 0.29) is 11.8 Å². The van der Waals surface area contributed by atoms with Crippen LogP contribution in [0.25, 0.3) is 23.3 Å². The van der Waals surface area contributed by atoms with E-state index in [2.05, 4.69) is 10.6 Å². The number of ether oxygens (including phenoxy) is 4. The van der Waals surface area contributed by atoms with Gasteiger partial charge in [0.15, 0.2) is 23.0 Å². The van der Waals surface area contributed by atoms with Crippen molar-refractivity contribution in [3.8, 4) is 23.0 Å². The fourth-order valence-corrected chi connectivity index (χ4v) is 5.20. The van der Waals surface area contributed by atoms with Crippen LogP contribution in [0.4, 0.5) is 0 Å². The number of fused-ring (bicyclic) bond motifs is 2. The average Bonchev–Trinajstić information content (AvgIpc) is 3.08. The van der Waals surface area contributed by atoms with Crippen molar-refractivity contribution in [1.29, 1.82) is 0 Å². The van der Waals surface area contributed by atoms with Crippen LogP contribution in [0, 0.1) is 0 Å². The molecule has 2 N–H and O–H groups in total. The Bertz CT molecular complexity index is 1790. The van der Waals surface area contributed by atoms with Crippen molar-refractivity contribution in [2.45, 2.75) is 0 Å². The molecule has 2 heterocycles. The highest BCUT2D eigenvalue weighted by Gasteiger charge is 2.28. The van der Waals surface area contributed by atoms with E-state index in [9.17, 15) is 19.2 Å². The lowest BCUT2D eigenvalue weighted by Gasteiger charge is -2.18. The van der Waals surface area contributed by atoms with Gasteiger partial charge in [-0.15, -0.1) is 0 Å². The number of carbonyl (C=O) groups is 4. The van der Waals surface area contributed by atoms with Gasteiger partial charge in [0.05, 0.1) is 28.4 Å². The van der Waals surface area contributed by atoms with Gasteiger partial charge in [-0.3, -0.25) is 29.8 Å². The quantitative estimate of drug-likeness (QED) is 0.228. The topological polar surface area (TPSA) is 129 Å². The van der Waals surface area contributed by atoms with E-state index in [0.717, 1.165) is 0 Å². The second kappa shape index (κ2) is 13.6. The molecule has 4 aromatic rings. The van der Waals surface area contributed by atoms with Crippen molar-refractivity contribution in [2.24, 2.45) is 0 Å². The zero-order valence-corrected chi connectivity index (χ0v) is 25.5. The lowest BCUT2D eigenvalue weighted by atomic mass is 9.93. The fourth-order valence-electron chi connectivity index (χ4n) is 5.20.